The summed E-state index contributed by atoms with van der Waals surface area (Å²) in [4.78, 5) is 0. The quantitative estimate of drug-likeness (QED) is 0.791. The SMILES string of the molecule is CC1(N)C=CC(N)=CC1Cc1ccccc1. The van der Waals surface area contributed by atoms with Crippen LogP contribution in [-0.2, 0) is 6.42 Å². The molecule has 0 saturated heterocycles. The fourth-order valence-corrected chi connectivity index (χ4v) is 2.01. The van der Waals surface area contributed by atoms with Crippen molar-refractivity contribution in [3.8, 4) is 0 Å². The number of benzene rings is 1. The van der Waals surface area contributed by atoms with E-state index in [2.05, 4.69) is 30.3 Å². The Labute approximate surface area is 96.6 Å². The van der Waals surface area contributed by atoms with Crippen LogP contribution in [-0.4, -0.2) is 5.54 Å². The largest absolute Gasteiger partial charge is 0.399 e. The van der Waals surface area contributed by atoms with Crippen LogP contribution in [0, 0.1) is 5.92 Å². The van der Waals surface area contributed by atoms with Gasteiger partial charge in [0.2, 0.25) is 0 Å². The normalized spacial score (nSPS) is 28.9. The fourth-order valence-electron chi connectivity index (χ4n) is 2.01. The van der Waals surface area contributed by atoms with Gasteiger partial charge in [0, 0.05) is 17.2 Å². The topological polar surface area (TPSA) is 52.0 Å². The fraction of sp³-hybridized carbons (Fsp3) is 0.286. The Morgan fingerprint density at radius 3 is 2.62 bits per heavy atom. The summed E-state index contributed by atoms with van der Waals surface area (Å²) in [7, 11) is 0. The molecular weight excluding hydrogens is 196 g/mol. The average Bonchev–Trinajstić information content (AvgIpc) is 2.26. The zero-order chi connectivity index (χ0) is 11.6. The smallest absolute Gasteiger partial charge is 0.0381 e. The van der Waals surface area contributed by atoms with Crippen molar-refractivity contribution in [2.45, 2.75) is 18.9 Å². The van der Waals surface area contributed by atoms with Gasteiger partial charge in [-0.15, -0.1) is 0 Å². The first-order chi connectivity index (χ1) is 7.58. The molecule has 2 nitrogen and oxygen atoms in total. The molecule has 2 heteroatoms. The number of hydrogen-bond acceptors (Lipinski definition) is 2. The van der Waals surface area contributed by atoms with Crippen LogP contribution in [0.25, 0.3) is 0 Å². The second-order valence-electron chi connectivity index (χ2n) is 4.66. The Morgan fingerprint density at radius 2 is 1.94 bits per heavy atom. The molecule has 1 aromatic rings. The van der Waals surface area contributed by atoms with Gasteiger partial charge >= 0.3 is 0 Å². The predicted octanol–water partition coefficient (Wildman–Crippen LogP) is 1.98. The first-order valence-corrected chi connectivity index (χ1v) is 5.57. The summed E-state index contributed by atoms with van der Waals surface area (Å²) in [5, 5.41) is 0. The molecule has 0 fully saturated rings. The lowest BCUT2D eigenvalue weighted by atomic mass is 9.78. The van der Waals surface area contributed by atoms with Crippen molar-refractivity contribution in [2.75, 3.05) is 0 Å². The lowest BCUT2D eigenvalue weighted by Gasteiger charge is -2.32. The Hall–Kier alpha value is -1.54. The molecule has 16 heavy (non-hydrogen) atoms. The van der Waals surface area contributed by atoms with Crippen LogP contribution in [0.3, 0.4) is 0 Å². The van der Waals surface area contributed by atoms with E-state index in [1.165, 1.54) is 5.56 Å². The van der Waals surface area contributed by atoms with Crippen molar-refractivity contribution in [2.24, 2.45) is 17.4 Å². The van der Waals surface area contributed by atoms with Crippen molar-refractivity contribution in [1.82, 2.24) is 0 Å². The standard InChI is InChI=1S/C14H18N2/c1-14(16)8-7-13(15)10-12(14)9-11-5-3-2-4-6-11/h2-8,10,12H,9,15-16H2,1H3. The van der Waals surface area contributed by atoms with E-state index in [4.69, 9.17) is 11.5 Å². The lowest BCUT2D eigenvalue weighted by Crippen LogP contribution is -2.44. The van der Waals surface area contributed by atoms with Crippen LogP contribution >= 0.6 is 0 Å². The third-order valence-electron chi connectivity index (χ3n) is 3.13. The molecule has 2 unspecified atom stereocenters. The molecule has 84 valence electrons. The second-order valence-corrected chi connectivity index (χ2v) is 4.66. The van der Waals surface area contributed by atoms with Gasteiger partial charge in [0.1, 0.15) is 0 Å². The van der Waals surface area contributed by atoms with Crippen molar-refractivity contribution < 1.29 is 0 Å². The third-order valence-corrected chi connectivity index (χ3v) is 3.13. The van der Waals surface area contributed by atoms with Gasteiger partial charge in [-0.25, -0.2) is 0 Å². The molecular formula is C14H18N2. The van der Waals surface area contributed by atoms with Crippen LogP contribution in [0.4, 0.5) is 0 Å². The maximum Gasteiger partial charge on any atom is 0.0381 e. The summed E-state index contributed by atoms with van der Waals surface area (Å²) < 4.78 is 0. The monoisotopic (exact) mass is 214 g/mol. The number of allylic oxidation sites excluding steroid dienone is 1. The Kier molecular flexibility index (Phi) is 2.84. The molecule has 0 heterocycles. The van der Waals surface area contributed by atoms with Gasteiger partial charge in [-0.05, 0) is 25.0 Å². The molecule has 0 radical (unpaired) electrons. The van der Waals surface area contributed by atoms with E-state index >= 15 is 0 Å². The van der Waals surface area contributed by atoms with Gasteiger partial charge < -0.3 is 11.5 Å². The van der Waals surface area contributed by atoms with Crippen molar-refractivity contribution in [3.63, 3.8) is 0 Å². The molecule has 0 saturated carbocycles. The maximum atomic E-state index is 6.25. The van der Waals surface area contributed by atoms with Gasteiger partial charge in [0.15, 0.2) is 0 Å². The summed E-state index contributed by atoms with van der Waals surface area (Å²) >= 11 is 0. The molecule has 0 aliphatic heterocycles. The summed E-state index contributed by atoms with van der Waals surface area (Å²) in [5.41, 5.74) is 13.9. The van der Waals surface area contributed by atoms with Gasteiger partial charge in [0.25, 0.3) is 0 Å². The van der Waals surface area contributed by atoms with Gasteiger partial charge in [-0.3, -0.25) is 0 Å². The predicted molar refractivity (Wildman–Crippen MR) is 67.6 cm³/mol. The summed E-state index contributed by atoms with van der Waals surface area (Å²) in [6.07, 6.45) is 6.88. The van der Waals surface area contributed by atoms with E-state index in [0.29, 0.717) is 0 Å². The third kappa shape index (κ3) is 2.34. The number of nitrogens with two attached hydrogens (primary N) is 2. The van der Waals surface area contributed by atoms with E-state index in [1.54, 1.807) is 0 Å². The van der Waals surface area contributed by atoms with Crippen LogP contribution in [0.15, 0.2) is 54.3 Å². The van der Waals surface area contributed by atoms with Crippen LogP contribution in [0.5, 0.6) is 0 Å². The molecule has 0 amide bonds. The van der Waals surface area contributed by atoms with E-state index in [0.717, 1.165) is 12.1 Å². The highest BCUT2D eigenvalue weighted by Gasteiger charge is 2.28. The average molecular weight is 214 g/mol. The van der Waals surface area contributed by atoms with E-state index in [1.807, 2.05) is 25.1 Å². The molecule has 1 aromatic carbocycles. The zero-order valence-electron chi connectivity index (χ0n) is 9.56. The van der Waals surface area contributed by atoms with Crippen LogP contribution in [0.2, 0.25) is 0 Å². The molecule has 4 N–H and O–H groups in total. The minimum absolute atomic E-state index is 0.264. The molecule has 1 aliphatic carbocycles. The van der Waals surface area contributed by atoms with Crippen LogP contribution < -0.4 is 11.5 Å². The van der Waals surface area contributed by atoms with Gasteiger partial charge in [-0.2, -0.15) is 0 Å². The Balaban J connectivity index is 2.18. The highest BCUT2D eigenvalue weighted by Crippen LogP contribution is 2.26. The molecule has 2 atom stereocenters. The summed E-state index contributed by atoms with van der Waals surface area (Å²) in [6, 6.07) is 10.4. The Bertz CT molecular complexity index is 416. The van der Waals surface area contributed by atoms with Crippen LogP contribution in [0.1, 0.15) is 12.5 Å². The summed E-state index contributed by atoms with van der Waals surface area (Å²) in [5.74, 6) is 0.264. The van der Waals surface area contributed by atoms with E-state index < -0.39 is 0 Å². The van der Waals surface area contributed by atoms with Crippen molar-refractivity contribution in [3.05, 3.63) is 59.8 Å². The molecule has 0 spiro atoms. The minimum Gasteiger partial charge on any atom is -0.399 e. The first kappa shape index (κ1) is 11.0. The van der Waals surface area contributed by atoms with Gasteiger partial charge in [0.05, 0.1) is 0 Å². The number of rotatable bonds is 2. The van der Waals surface area contributed by atoms with Gasteiger partial charge in [-0.1, -0.05) is 42.5 Å². The minimum atomic E-state index is -0.307. The Morgan fingerprint density at radius 1 is 1.25 bits per heavy atom. The van der Waals surface area contributed by atoms with E-state index in [-0.39, 0.29) is 11.5 Å². The summed E-state index contributed by atoms with van der Waals surface area (Å²) in [6.45, 7) is 2.04. The van der Waals surface area contributed by atoms with Crippen molar-refractivity contribution >= 4 is 0 Å². The highest BCUT2D eigenvalue weighted by molar-refractivity contribution is 5.30. The number of hydrogen-bond donors (Lipinski definition) is 2. The molecule has 2 rings (SSSR count). The molecule has 0 aromatic heterocycles. The molecule has 1 aliphatic rings. The van der Waals surface area contributed by atoms with Crippen molar-refractivity contribution in [1.29, 1.82) is 0 Å². The lowest BCUT2D eigenvalue weighted by molar-refractivity contribution is 0.419. The maximum absolute atomic E-state index is 6.25. The second kappa shape index (κ2) is 4.14. The first-order valence-electron chi connectivity index (χ1n) is 5.57. The zero-order valence-corrected chi connectivity index (χ0v) is 9.56. The van der Waals surface area contributed by atoms with E-state index in [9.17, 15) is 0 Å². The highest BCUT2D eigenvalue weighted by atomic mass is 14.7. The molecule has 0 bridgehead atoms.